The molecule has 0 spiro atoms. The van der Waals surface area contributed by atoms with E-state index >= 15 is 0 Å². The lowest BCUT2D eigenvalue weighted by atomic mass is 10.2. The number of furan rings is 1. The van der Waals surface area contributed by atoms with E-state index in [0.717, 1.165) is 0 Å². The van der Waals surface area contributed by atoms with Gasteiger partial charge < -0.3 is 20.7 Å². The first-order valence-corrected chi connectivity index (χ1v) is 5.62. The van der Waals surface area contributed by atoms with Gasteiger partial charge in [-0.2, -0.15) is 0 Å². The maximum absolute atomic E-state index is 11.9. The molecule has 2 aromatic rings. The zero-order valence-corrected chi connectivity index (χ0v) is 10.4. The first-order chi connectivity index (χ1) is 9.11. The molecule has 0 bridgehead atoms. The number of oxime groups is 1. The van der Waals surface area contributed by atoms with Gasteiger partial charge in [-0.25, -0.2) is 0 Å². The smallest absolute Gasteiger partial charge is 0.260 e. The molecule has 1 aromatic carbocycles. The Labute approximate surface area is 113 Å². The molecule has 0 saturated carbocycles. The summed E-state index contributed by atoms with van der Waals surface area (Å²) in [6, 6.07) is 8.02. The predicted molar refractivity (Wildman–Crippen MR) is 70.6 cm³/mol. The van der Waals surface area contributed by atoms with Crippen molar-refractivity contribution in [2.24, 2.45) is 10.9 Å². The molecule has 0 aliphatic heterocycles. The van der Waals surface area contributed by atoms with Crippen molar-refractivity contribution in [1.29, 1.82) is 0 Å². The first-order valence-electron chi connectivity index (χ1n) is 5.24. The molecule has 1 aromatic heterocycles. The molecule has 4 N–H and O–H groups in total. The van der Waals surface area contributed by atoms with Gasteiger partial charge in [-0.3, -0.25) is 4.79 Å². The van der Waals surface area contributed by atoms with Crippen molar-refractivity contribution in [3.63, 3.8) is 0 Å². The van der Waals surface area contributed by atoms with Crippen molar-refractivity contribution < 1.29 is 14.4 Å². The minimum atomic E-state index is -0.407. The number of nitrogens with two attached hydrogens (primary N) is 1. The highest BCUT2D eigenvalue weighted by Gasteiger charge is 2.13. The van der Waals surface area contributed by atoms with Gasteiger partial charge in [0, 0.05) is 11.3 Å². The largest absolute Gasteiger partial charge is 0.452 e. The van der Waals surface area contributed by atoms with E-state index in [-0.39, 0.29) is 16.6 Å². The molecule has 0 saturated heterocycles. The zero-order chi connectivity index (χ0) is 13.8. The van der Waals surface area contributed by atoms with Gasteiger partial charge in [0.2, 0.25) is 5.22 Å². The van der Waals surface area contributed by atoms with Crippen molar-refractivity contribution >= 4 is 29.0 Å². The number of amidine groups is 1. The highest BCUT2D eigenvalue weighted by molar-refractivity contribution is 6.32. The summed E-state index contributed by atoms with van der Waals surface area (Å²) in [6.07, 6.45) is 1.32. The van der Waals surface area contributed by atoms with Crippen LogP contribution >= 0.6 is 11.6 Å². The molecule has 0 aliphatic rings. The third-order valence-electron chi connectivity index (χ3n) is 2.39. The number of carbonyl (C=O) groups is 1. The molecule has 0 atom stereocenters. The number of anilines is 1. The summed E-state index contributed by atoms with van der Waals surface area (Å²) in [5.41, 5.74) is 6.67. The Hall–Kier alpha value is -2.47. The van der Waals surface area contributed by atoms with Crippen LogP contribution in [0.2, 0.25) is 5.22 Å². The van der Waals surface area contributed by atoms with Crippen molar-refractivity contribution in [3.05, 3.63) is 52.9 Å². The van der Waals surface area contributed by atoms with E-state index in [1.54, 1.807) is 24.3 Å². The summed E-state index contributed by atoms with van der Waals surface area (Å²) in [6.45, 7) is 0. The lowest BCUT2D eigenvalue weighted by Gasteiger charge is -2.05. The molecule has 6 nitrogen and oxygen atoms in total. The number of carbonyl (C=O) groups excluding carboxylic acids is 1. The Bertz CT molecular complexity index is 637. The van der Waals surface area contributed by atoms with Crippen LogP contribution in [-0.4, -0.2) is 17.0 Å². The third-order valence-corrected chi connectivity index (χ3v) is 2.68. The molecular weight excluding hydrogens is 270 g/mol. The number of benzene rings is 1. The standard InChI is InChI=1S/C12H10ClN3O3/c13-10-9(4-5-19-10)12(17)15-8-3-1-2-7(6-8)11(14)16-18/h1-6,18H,(H2,14,16)(H,15,17). The average molecular weight is 280 g/mol. The number of amides is 1. The van der Waals surface area contributed by atoms with Crippen LogP contribution in [0, 0.1) is 0 Å². The summed E-state index contributed by atoms with van der Waals surface area (Å²) in [7, 11) is 0. The highest BCUT2D eigenvalue weighted by Crippen LogP contribution is 2.19. The molecule has 7 heteroatoms. The average Bonchev–Trinajstić information content (AvgIpc) is 2.84. The number of rotatable bonds is 3. The summed E-state index contributed by atoms with van der Waals surface area (Å²) in [5.74, 6) is -0.451. The fraction of sp³-hybridized carbons (Fsp3) is 0. The minimum absolute atomic E-state index is 0.0186. The lowest BCUT2D eigenvalue weighted by Crippen LogP contribution is -2.15. The van der Waals surface area contributed by atoms with Gasteiger partial charge in [0.1, 0.15) is 0 Å². The minimum Gasteiger partial charge on any atom is -0.452 e. The van der Waals surface area contributed by atoms with E-state index in [1.165, 1.54) is 12.3 Å². The van der Waals surface area contributed by atoms with Gasteiger partial charge in [0.25, 0.3) is 5.91 Å². The molecule has 0 unspecified atom stereocenters. The molecule has 1 amide bonds. The molecule has 19 heavy (non-hydrogen) atoms. The van der Waals surface area contributed by atoms with E-state index in [2.05, 4.69) is 10.5 Å². The van der Waals surface area contributed by atoms with Crippen LogP contribution < -0.4 is 11.1 Å². The van der Waals surface area contributed by atoms with Crippen molar-refractivity contribution in [2.45, 2.75) is 0 Å². The van der Waals surface area contributed by atoms with Gasteiger partial charge in [-0.05, 0) is 29.8 Å². The molecule has 98 valence electrons. The molecule has 0 aliphatic carbocycles. The second-order valence-electron chi connectivity index (χ2n) is 3.63. The van der Waals surface area contributed by atoms with Crippen LogP contribution in [0.4, 0.5) is 5.69 Å². The normalized spacial score (nSPS) is 11.3. The van der Waals surface area contributed by atoms with E-state index in [0.29, 0.717) is 11.3 Å². The molecular formula is C12H10ClN3O3. The molecule has 0 radical (unpaired) electrons. The van der Waals surface area contributed by atoms with Gasteiger partial charge in [-0.15, -0.1) is 0 Å². The van der Waals surface area contributed by atoms with Crippen LogP contribution in [0.3, 0.4) is 0 Å². The summed E-state index contributed by atoms with van der Waals surface area (Å²) in [4.78, 5) is 11.9. The van der Waals surface area contributed by atoms with Gasteiger partial charge in [-0.1, -0.05) is 17.3 Å². The number of hydrogen-bond donors (Lipinski definition) is 3. The quantitative estimate of drug-likeness (QED) is 0.347. The monoisotopic (exact) mass is 279 g/mol. The van der Waals surface area contributed by atoms with Gasteiger partial charge in [0.05, 0.1) is 11.8 Å². The molecule has 2 rings (SSSR count). The maximum Gasteiger partial charge on any atom is 0.260 e. The fourth-order valence-corrected chi connectivity index (χ4v) is 1.67. The SMILES string of the molecule is N/C(=N/O)c1cccc(NC(=O)c2ccoc2Cl)c1. The topological polar surface area (TPSA) is 101 Å². The Balaban J connectivity index is 2.20. The van der Waals surface area contributed by atoms with Crippen molar-refractivity contribution in [1.82, 2.24) is 0 Å². The predicted octanol–water partition coefficient (Wildman–Crippen LogP) is 2.28. The number of nitrogens with one attached hydrogen (secondary N) is 1. The summed E-state index contributed by atoms with van der Waals surface area (Å²) >= 11 is 5.71. The lowest BCUT2D eigenvalue weighted by molar-refractivity contribution is 0.102. The Kier molecular flexibility index (Phi) is 3.72. The highest BCUT2D eigenvalue weighted by atomic mass is 35.5. The zero-order valence-electron chi connectivity index (χ0n) is 9.63. The number of halogens is 1. The van der Waals surface area contributed by atoms with E-state index < -0.39 is 5.91 Å². The second kappa shape index (κ2) is 5.45. The third kappa shape index (κ3) is 2.86. The summed E-state index contributed by atoms with van der Waals surface area (Å²) < 4.78 is 4.84. The van der Waals surface area contributed by atoms with E-state index in [4.69, 9.17) is 27.0 Å². The second-order valence-corrected chi connectivity index (χ2v) is 3.97. The Morgan fingerprint density at radius 2 is 2.21 bits per heavy atom. The van der Waals surface area contributed by atoms with Crippen LogP contribution in [0.25, 0.3) is 0 Å². The van der Waals surface area contributed by atoms with Crippen molar-refractivity contribution in [2.75, 3.05) is 5.32 Å². The number of nitrogens with zero attached hydrogens (tertiary/aromatic N) is 1. The molecule has 0 fully saturated rings. The van der Waals surface area contributed by atoms with Gasteiger partial charge >= 0.3 is 0 Å². The van der Waals surface area contributed by atoms with Crippen LogP contribution in [0.15, 0.2) is 46.2 Å². The Morgan fingerprint density at radius 1 is 1.42 bits per heavy atom. The first kappa shape index (κ1) is 13.0. The Morgan fingerprint density at radius 3 is 2.84 bits per heavy atom. The maximum atomic E-state index is 11.9. The molecule has 1 heterocycles. The van der Waals surface area contributed by atoms with Crippen LogP contribution in [0.1, 0.15) is 15.9 Å². The van der Waals surface area contributed by atoms with Crippen LogP contribution in [-0.2, 0) is 0 Å². The number of hydrogen-bond acceptors (Lipinski definition) is 4. The van der Waals surface area contributed by atoms with E-state index in [9.17, 15) is 4.79 Å². The van der Waals surface area contributed by atoms with E-state index in [1.807, 2.05) is 0 Å². The fourth-order valence-electron chi connectivity index (χ4n) is 1.47. The van der Waals surface area contributed by atoms with Crippen molar-refractivity contribution in [3.8, 4) is 0 Å². The van der Waals surface area contributed by atoms with Crippen LogP contribution in [0.5, 0.6) is 0 Å². The summed E-state index contributed by atoms with van der Waals surface area (Å²) in [5, 5.41) is 14.1. The van der Waals surface area contributed by atoms with Gasteiger partial charge in [0.15, 0.2) is 5.84 Å².